The van der Waals surface area contributed by atoms with Gasteiger partial charge in [-0.3, -0.25) is 4.79 Å². The van der Waals surface area contributed by atoms with Crippen molar-refractivity contribution in [1.29, 1.82) is 0 Å². The number of rotatable bonds is 4. The molecule has 4 heteroatoms. The molecule has 2 unspecified atom stereocenters. The summed E-state index contributed by atoms with van der Waals surface area (Å²) in [6, 6.07) is 0. The molecule has 1 fully saturated rings. The third-order valence-electron chi connectivity index (χ3n) is 3.53. The van der Waals surface area contributed by atoms with E-state index in [-0.39, 0.29) is 11.9 Å². The molecule has 4 nitrogen and oxygen atoms in total. The van der Waals surface area contributed by atoms with Crippen molar-refractivity contribution in [1.82, 2.24) is 9.55 Å². The van der Waals surface area contributed by atoms with Crippen LogP contribution < -0.4 is 0 Å². The number of hydrogen-bond acceptors (Lipinski definition) is 3. The molecular formula is C13H20N2O2. The summed E-state index contributed by atoms with van der Waals surface area (Å²) in [6.07, 6.45) is 6.80. The Labute approximate surface area is 102 Å². The molecule has 1 saturated carbocycles. The van der Waals surface area contributed by atoms with Crippen LogP contribution in [0.4, 0.5) is 0 Å². The lowest BCUT2D eigenvalue weighted by molar-refractivity contribution is -0.148. The number of aromatic nitrogens is 2. The van der Waals surface area contributed by atoms with Gasteiger partial charge in [0.25, 0.3) is 0 Å². The van der Waals surface area contributed by atoms with Crippen LogP contribution in [0.15, 0.2) is 12.4 Å². The fourth-order valence-corrected chi connectivity index (χ4v) is 2.42. The molecule has 1 aliphatic carbocycles. The van der Waals surface area contributed by atoms with Crippen molar-refractivity contribution in [2.45, 2.75) is 39.7 Å². The van der Waals surface area contributed by atoms with Crippen LogP contribution in [0, 0.1) is 18.8 Å². The molecule has 94 valence electrons. The van der Waals surface area contributed by atoms with Gasteiger partial charge in [0.2, 0.25) is 0 Å². The first-order valence-corrected chi connectivity index (χ1v) is 6.31. The van der Waals surface area contributed by atoms with Crippen LogP contribution in [-0.4, -0.2) is 22.1 Å². The van der Waals surface area contributed by atoms with Crippen LogP contribution >= 0.6 is 0 Å². The standard InChI is InChI=1S/C13H20N2O2/c1-10-3-4-12(9-10)13(16)17-8-7-15-6-5-14-11(15)2/h5-6,10,12H,3-4,7-9H2,1-2H3. The molecule has 0 radical (unpaired) electrons. The average molecular weight is 236 g/mol. The fourth-order valence-electron chi connectivity index (χ4n) is 2.42. The van der Waals surface area contributed by atoms with E-state index in [0.29, 0.717) is 19.1 Å². The minimum atomic E-state index is -0.0212. The lowest BCUT2D eigenvalue weighted by Gasteiger charge is -2.10. The number of esters is 1. The minimum Gasteiger partial charge on any atom is -0.464 e. The Morgan fingerprint density at radius 2 is 2.41 bits per heavy atom. The van der Waals surface area contributed by atoms with Crippen molar-refractivity contribution in [2.24, 2.45) is 11.8 Å². The summed E-state index contributed by atoms with van der Waals surface area (Å²) in [5.74, 6) is 1.74. The van der Waals surface area contributed by atoms with Gasteiger partial charge < -0.3 is 9.30 Å². The first kappa shape index (κ1) is 12.1. The summed E-state index contributed by atoms with van der Waals surface area (Å²) in [5.41, 5.74) is 0. The Hall–Kier alpha value is -1.32. The Kier molecular flexibility index (Phi) is 3.82. The van der Waals surface area contributed by atoms with Gasteiger partial charge in [0.15, 0.2) is 0 Å². The quantitative estimate of drug-likeness (QED) is 0.752. The maximum atomic E-state index is 11.8. The lowest BCUT2D eigenvalue weighted by atomic mass is 10.1. The van der Waals surface area contributed by atoms with E-state index in [1.54, 1.807) is 6.20 Å². The zero-order valence-corrected chi connectivity index (χ0v) is 10.6. The van der Waals surface area contributed by atoms with Crippen molar-refractivity contribution in [3.63, 3.8) is 0 Å². The van der Waals surface area contributed by atoms with Crippen LogP contribution in [0.3, 0.4) is 0 Å². The lowest BCUT2D eigenvalue weighted by Crippen LogP contribution is -2.18. The molecule has 1 aliphatic rings. The number of nitrogens with zero attached hydrogens (tertiary/aromatic N) is 2. The highest BCUT2D eigenvalue weighted by atomic mass is 16.5. The third-order valence-corrected chi connectivity index (χ3v) is 3.53. The van der Waals surface area contributed by atoms with Gasteiger partial charge >= 0.3 is 5.97 Å². The van der Waals surface area contributed by atoms with E-state index in [1.165, 1.54) is 0 Å². The second-order valence-electron chi connectivity index (χ2n) is 4.95. The van der Waals surface area contributed by atoms with Gasteiger partial charge in [-0.15, -0.1) is 0 Å². The molecule has 1 heterocycles. The Bertz CT molecular complexity index is 387. The monoisotopic (exact) mass is 236 g/mol. The summed E-state index contributed by atoms with van der Waals surface area (Å²) in [4.78, 5) is 15.9. The van der Waals surface area contributed by atoms with Crippen LogP contribution in [-0.2, 0) is 16.1 Å². The van der Waals surface area contributed by atoms with E-state index in [0.717, 1.165) is 25.1 Å². The molecule has 17 heavy (non-hydrogen) atoms. The molecule has 0 spiro atoms. The third kappa shape index (κ3) is 3.08. The van der Waals surface area contributed by atoms with E-state index in [1.807, 2.05) is 17.7 Å². The van der Waals surface area contributed by atoms with Gasteiger partial charge in [-0.05, 0) is 32.1 Å². The number of carbonyl (C=O) groups is 1. The molecule has 0 aromatic carbocycles. The first-order chi connectivity index (χ1) is 8.16. The molecule has 0 amide bonds. The minimum absolute atomic E-state index is 0.0212. The van der Waals surface area contributed by atoms with E-state index in [4.69, 9.17) is 4.74 Å². The zero-order valence-electron chi connectivity index (χ0n) is 10.6. The van der Waals surface area contributed by atoms with Gasteiger partial charge in [-0.2, -0.15) is 0 Å². The summed E-state index contributed by atoms with van der Waals surface area (Å²) in [5, 5.41) is 0. The molecular weight excluding hydrogens is 216 g/mol. The molecule has 0 bridgehead atoms. The predicted molar refractivity (Wildman–Crippen MR) is 64.4 cm³/mol. The Morgan fingerprint density at radius 3 is 3.00 bits per heavy atom. The maximum absolute atomic E-state index is 11.8. The van der Waals surface area contributed by atoms with Crippen molar-refractivity contribution in [2.75, 3.05) is 6.61 Å². The van der Waals surface area contributed by atoms with Crippen molar-refractivity contribution in [3.8, 4) is 0 Å². The van der Waals surface area contributed by atoms with E-state index < -0.39 is 0 Å². The van der Waals surface area contributed by atoms with Crippen LogP contribution in [0.2, 0.25) is 0 Å². The SMILES string of the molecule is Cc1nccn1CCOC(=O)C1CCC(C)C1. The van der Waals surface area contributed by atoms with Crippen LogP contribution in [0.5, 0.6) is 0 Å². The highest BCUT2D eigenvalue weighted by Gasteiger charge is 2.28. The number of hydrogen-bond donors (Lipinski definition) is 0. The molecule has 1 aromatic rings. The maximum Gasteiger partial charge on any atom is 0.309 e. The van der Waals surface area contributed by atoms with Gasteiger partial charge in [0.05, 0.1) is 12.5 Å². The molecule has 0 saturated heterocycles. The number of imidazole rings is 1. The molecule has 1 aromatic heterocycles. The Balaban J connectivity index is 1.72. The summed E-state index contributed by atoms with van der Waals surface area (Å²) >= 11 is 0. The number of ether oxygens (including phenoxy) is 1. The second kappa shape index (κ2) is 5.34. The summed E-state index contributed by atoms with van der Waals surface area (Å²) < 4.78 is 7.31. The van der Waals surface area contributed by atoms with E-state index in [9.17, 15) is 4.79 Å². The average Bonchev–Trinajstić information content (AvgIpc) is 2.88. The number of carbonyl (C=O) groups excluding carboxylic acids is 1. The topological polar surface area (TPSA) is 44.1 Å². The largest absolute Gasteiger partial charge is 0.464 e. The summed E-state index contributed by atoms with van der Waals surface area (Å²) in [7, 11) is 0. The first-order valence-electron chi connectivity index (χ1n) is 6.31. The van der Waals surface area contributed by atoms with E-state index >= 15 is 0 Å². The molecule has 2 atom stereocenters. The van der Waals surface area contributed by atoms with Gasteiger partial charge in [-0.1, -0.05) is 6.92 Å². The van der Waals surface area contributed by atoms with Crippen molar-refractivity contribution < 1.29 is 9.53 Å². The molecule has 0 N–H and O–H groups in total. The van der Waals surface area contributed by atoms with Crippen molar-refractivity contribution in [3.05, 3.63) is 18.2 Å². The highest BCUT2D eigenvalue weighted by Crippen LogP contribution is 2.30. The zero-order chi connectivity index (χ0) is 12.3. The molecule has 2 rings (SSSR count). The Morgan fingerprint density at radius 1 is 1.59 bits per heavy atom. The number of aryl methyl sites for hydroxylation is 1. The van der Waals surface area contributed by atoms with Gasteiger partial charge in [-0.25, -0.2) is 4.98 Å². The highest BCUT2D eigenvalue weighted by molar-refractivity contribution is 5.72. The van der Waals surface area contributed by atoms with Crippen LogP contribution in [0.25, 0.3) is 0 Å². The summed E-state index contributed by atoms with van der Waals surface area (Å²) in [6.45, 7) is 5.28. The predicted octanol–water partition coefficient (Wildman–Crippen LogP) is 2.17. The smallest absolute Gasteiger partial charge is 0.309 e. The van der Waals surface area contributed by atoms with Crippen LogP contribution in [0.1, 0.15) is 32.0 Å². The van der Waals surface area contributed by atoms with Gasteiger partial charge in [0.1, 0.15) is 12.4 Å². The fraction of sp³-hybridized carbons (Fsp3) is 0.692. The van der Waals surface area contributed by atoms with Gasteiger partial charge in [0, 0.05) is 12.4 Å². The normalized spacial score (nSPS) is 23.9. The van der Waals surface area contributed by atoms with E-state index in [2.05, 4.69) is 11.9 Å². The second-order valence-corrected chi connectivity index (χ2v) is 4.95. The molecule has 0 aliphatic heterocycles. The van der Waals surface area contributed by atoms with Crippen molar-refractivity contribution >= 4 is 5.97 Å².